The van der Waals surface area contributed by atoms with E-state index >= 15 is 0 Å². The van der Waals surface area contributed by atoms with Crippen LogP contribution in [-0.2, 0) is 5.60 Å². The topological polar surface area (TPSA) is 23.5 Å². The van der Waals surface area contributed by atoms with Crippen LogP contribution >= 0.6 is 0 Å². The summed E-state index contributed by atoms with van der Waals surface area (Å²) in [6, 6.07) is 17.0. The molecule has 0 amide bonds. The van der Waals surface area contributed by atoms with Gasteiger partial charge < -0.3 is 10.0 Å². The lowest BCUT2D eigenvalue weighted by molar-refractivity contribution is -0.125. The zero-order valence-corrected chi connectivity index (χ0v) is 14.8. The third-order valence-electron chi connectivity index (χ3n) is 6.43. The van der Waals surface area contributed by atoms with Crippen molar-refractivity contribution < 1.29 is 5.11 Å². The Morgan fingerprint density at radius 2 is 1.12 bits per heavy atom. The lowest BCUT2D eigenvalue weighted by Gasteiger charge is -2.56. The fourth-order valence-electron chi connectivity index (χ4n) is 4.74. The number of piperidine rings is 3. The second-order valence-corrected chi connectivity index (χ2v) is 7.81. The third-order valence-corrected chi connectivity index (χ3v) is 6.43. The molecule has 3 saturated heterocycles. The molecule has 24 heavy (non-hydrogen) atoms. The maximum Gasteiger partial charge on any atom is 0.120 e. The van der Waals surface area contributed by atoms with Gasteiger partial charge in [0.25, 0.3) is 0 Å². The predicted octanol–water partition coefficient (Wildman–Crippen LogP) is 4.03. The van der Waals surface area contributed by atoms with Crippen molar-refractivity contribution in [3.05, 3.63) is 70.8 Å². The van der Waals surface area contributed by atoms with Crippen molar-refractivity contribution in [1.29, 1.82) is 0 Å². The van der Waals surface area contributed by atoms with E-state index in [0.717, 1.165) is 50.0 Å². The number of rotatable bonds is 3. The van der Waals surface area contributed by atoms with E-state index in [1.54, 1.807) is 0 Å². The summed E-state index contributed by atoms with van der Waals surface area (Å²) in [6.45, 7) is 7.54. The Morgan fingerprint density at radius 3 is 1.50 bits per heavy atom. The second-order valence-electron chi connectivity index (χ2n) is 7.81. The van der Waals surface area contributed by atoms with Crippen LogP contribution in [0.3, 0.4) is 0 Å². The molecule has 0 saturated carbocycles. The van der Waals surface area contributed by atoms with Gasteiger partial charge in [0.05, 0.1) is 0 Å². The first-order valence-electron chi connectivity index (χ1n) is 9.13. The van der Waals surface area contributed by atoms with E-state index in [4.69, 9.17) is 0 Å². The van der Waals surface area contributed by atoms with E-state index in [1.807, 2.05) is 0 Å². The van der Waals surface area contributed by atoms with E-state index < -0.39 is 5.60 Å². The van der Waals surface area contributed by atoms with Crippen LogP contribution in [-0.4, -0.2) is 29.6 Å². The van der Waals surface area contributed by atoms with Gasteiger partial charge in [-0.3, -0.25) is 0 Å². The minimum Gasteiger partial charge on any atom is -0.380 e. The van der Waals surface area contributed by atoms with Crippen LogP contribution in [0.2, 0.25) is 0 Å². The Morgan fingerprint density at radius 1 is 0.750 bits per heavy atom. The molecule has 3 fully saturated rings. The summed E-state index contributed by atoms with van der Waals surface area (Å²) in [6.07, 6.45) is 3.22. The van der Waals surface area contributed by atoms with Gasteiger partial charge in [-0.1, -0.05) is 59.7 Å². The van der Waals surface area contributed by atoms with Gasteiger partial charge >= 0.3 is 0 Å². The maximum absolute atomic E-state index is 12.2. The van der Waals surface area contributed by atoms with Crippen molar-refractivity contribution in [3.63, 3.8) is 0 Å². The van der Waals surface area contributed by atoms with Gasteiger partial charge in [0.2, 0.25) is 0 Å². The molecule has 0 atom stereocenters. The van der Waals surface area contributed by atoms with Crippen LogP contribution in [0.4, 0.5) is 0 Å². The van der Waals surface area contributed by atoms with Crippen molar-refractivity contribution in [1.82, 2.24) is 4.90 Å². The number of benzene rings is 2. The molecule has 1 N–H and O–H groups in total. The van der Waals surface area contributed by atoms with Gasteiger partial charge in [-0.2, -0.15) is 0 Å². The van der Waals surface area contributed by atoms with Crippen molar-refractivity contribution in [2.75, 3.05) is 19.6 Å². The quantitative estimate of drug-likeness (QED) is 0.923. The normalized spacial score (nSPS) is 26.5. The van der Waals surface area contributed by atoms with E-state index in [1.165, 1.54) is 11.1 Å². The molecule has 0 aromatic heterocycles. The van der Waals surface area contributed by atoms with Gasteiger partial charge in [0.15, 0.2) is 0 Å². The highest BCUT2D eigenvalue weighted by Crippen LogP contribution is 2.55. The molecule has 126 valence electrons. The number of nitrogens with zero attached hydrogens (tertiary/aromatic N) is 1. The highest BCUT2D eigenvalue weighted by atomic mass is 16.3. The molecular weight excluding hydrogens is 294 g/mol. The van der Waals surface area contributed by atoms with Crippen LogP contribution in [0, 0.1) is 19.3 Å². The van der Waals surface area contributed by atoms with Crippen LogP contribution < -0.4 is 0 Å². The summed E-state index contributed by atoms with van der Waals surface area (Å²) in [4.78, 5) is 2.53. The number of fused-ring (bicyclic) bond motifs is 3. The molecule has 0 unspecified atom stereocenters. The summed E-state index contributed by atoms with van der Waals surface area (Å²) >= 11 is 0. The highest BCUT2D eigenvalue weighted by molar-refractivity contribution is 5.41. The number of hydrogen-bond acceptors (Lipinski definition) is 2. The molecule has 2 aromatic carbocycles. The Hall–Kier alpha value is -1.64. The van der Waals surface area contributed by atoms with E-state index in [2.05, 4.69) is 67.3 Å². The molecule has 0 aliphatic carbocycles. The summed E-state index contributed by atoms with van der Waals surface area (Å²) < 4.78 is 0. The Labute approximate surface area is 145 Å². The van der Waals surface area contributed by atoms with Crippen molar-refractivity contribution >= 4 is 0 Å². The first kappa shape index (κ1) is 15.9. The minimum atomic E-state index is -0.902. The van der Waals surface area contributed by atoms with E-state index in [0.29, 0.717) is 0 Å². The highest BCUT2D eigenvalue weighted by Gasteiger charge is 2.55. The van der Waals surface area contributed by atoms with Gasteiger partial charge in [-0.25, -0.2) is 0 Å². The monoisotopic (exact) mass is 321 g/mol. The average molecular weight is 321 g/mol. The third kappa shape index (κ3) is 2.32. The van der Waals surface area contributed by atoms with E-state index in [9.17, 15) is 5.11 Å². The van der Waals surface area contributed by atoms with Crippen LogP contribution in [0.15, 0.2) is 48.5 Å². The fourth-order valence-corrected chi connectivity index (χ4v) is 4.74. The Bertz CT molecular complexity index is 649. The first-order chi connectivity index (χ1) is 11.5. The number of hydrogen-bond donors (Lipinski definition) is 1. The van der Waals surface area contributed by atoms with Gasteiger partial charge in [0.1, 0.15) is 5.60 Å². The molecular formula is C22H27NO. The smallest absolute Gasteiger partial charge is 0.120 e. The van der Waals surface area contributed by atoms with Gasteiger partial charge in [-0.15, -0.1) is 0 Å². The summed E-state index contributed by atoms with van der Waals surface area (Å²) in [7, 11) is 0. The minimum absolute atomic E-state index is 0.0493. The second kappa shape index (κ2) is 5.72. The lowest BCUT2D eigenvalue weighted by Crippen LogP contribution is -2.58. The zero-order chi connectivity index (χ0) is 16.8. The molecule has 2 bridgehead atoms. The molecule has 5 rings (SSSR count). The van der Waals surface area contributed by atoms with Crippen molar-refractivity contribution in [3.8, 4) is 0 Å². The predicted molar refractivity (Wildman–Crippen MR) is 98.1 cm³/mol. The van der Waals surface area contributed by atoms with Gasteiger partial charge in [-0.05, 0) is 63.9 Å². The summed E-state index contributed by atoms with van der Waals surface area (Å²) in [5.74, 6) is 0. The average Bonchev–Trinajstić information content (AvgIpc) is 2.64. The molecule has 3 aliphatic rings. The molecule has 2 aromatic rings. The molecule has 0 spiro atoms. The van der Waals surface area contributed by atoms with Crippen LogP contribution in [0.25, 0.3) is 0 Å². The molecule has 3 heterocycles. The van der Waals surface area contributed by atoms with Crippen LogP contribution in [0.5, 0.6) is 0 Å². The van der Waals surface area contributed by atoms with E-state index in [-0.39, 0.29) is 5.41 Å². The number of aryl methyl sites for hydroxylation is 2. The zero-order valence-electron chi connectivity index (χ0n) is 14.8. The van der Waals surface area contributed by atoms with Crippen LogP contribution in [0.1, 0.15) is 41.5 Å². The van der Waals surface area contributed by atoms with Crippen molar-refractivity contribution in [2.24, 2.45) is 5.41 Å². The molecule has 0 radical (unpaired) electrons. The Kier molecular flexibility index (Phi) is 3.78. The summed E-state index contributed by atoms with van der Waals surface area (Å²) in [5.41, 5.74) is 3.62. The molecule has 2 heteroatoms. The summed E-state index contributed by atoms with van der Waals surface area (Å²) in [5, 5.41) is 12.2. The molecule has 3 aliphatic heterocycles. The first-order valence-corrected chi connectivity index (χ1v) is 9.13. The maximum atomic E-state index is 12.2. The largest absolute Gasteiger partial charge is 0.380 e. The lowest BCUT2D eigenvalue weighted by atomic mass is 9.57. The Balaban J connectivity index is 1.88. The van der Waals surface area contributed by atoms with Crippen molar-refractivity contribution in [2.45, 2.75) is 38.7 Å². The standard InChI is InChI=1S/C22H27NO/c1-17-3-7-19(8-4-17)22(24,20-9-5-18(2)6-10-20)21-11-14-23(15-12-21)16-13-21/h3-10,24H,11-16H2,1-2H3. The van der Waals surface area contributed by atoms with Gasteiger partial charge in [0, 0.05) is 5.41 Å². The SMILES string of the molecule is Cc1ccc(C(O)(c2ccc(C)cc2)C23CCN(CC2)CC3)cc1. The molecule has 2 nitrogen and oxygen atoms in total. The fraction of sp³-hybridized carbons (Fsp3) is 0.455. The number of aliphatic hydroxyl groups is 1.